The molecule has 3 N–H and O–H groups in total. The van der Waals surface area contributed by atoms with Crippen molar-refractivity contribution in [3.05, 3.63) is 42.0 Å². The van der Waals surface area contributed by atoms with E-state index in [1.165, 1.54) is 30.4 Å². The van der Waals surface area contributed by atoms with Crippen molar-refractivity contribution in [3.8, 4) is 5.75 Å². The molecular formula is C29H45NO3. The van der Waals surface area contributed by atoms with Crippen LogP contribution in [-0.2, 0) is 6.42 Å². The van der Waals surface area contributed by atoms with Crippen molar-refractivity contribution >= 4 is 0 Å². The molecule has 0 aromatic heterocycles. The molecule has 7 atom stereocenters. The van der Waals surface area contributed by atoms with E-state index in [-0.39, 0.29) is 29.5 Å². The highest BCUT2D eigenvalue weighted by Crippen LogP contribution is 2.63. The van der Waals surface area contributed by atoms with E-state index < -0.39 is 0 Å². The average molecular weight is 456 g/mol. The third kappa shape index (κ3) is 4.76. The second-order valence-electron chi connectivity index (χ2n) is 11.6. The maximum atomic E-state index is 10.3. The van der Waals surface area contributed by atoms with Crippen LogP contribution in [0.3, 0.4) is 0 Å². The van der Waals surface area contributed by atoms with Gasteiger partial charge >= 0.3 is 0 Å². The monoisotopic (exact) mass is 455 g/mol. The van der Waals surface area contributed by atoms with Gasteiger partial charge in [-0.3, -0.25) is 0 Å². The van der Waals surface area contributed by atoms with Crippen molar-refractivity contribution < 1.29 is 14.9 Å². The van der Waals surface area contributed by atoms with Crippen LogP contribution >= 0.6 is 0 Å². The molecule has 33 heavy (non-hydrogen) atoms. The first kappa shape index (κ1) is 24.8. The number of nitrogens with one attached hydrogen (secondary N) is 1. The zero-order valence-corrected chi connectivity index (χ0v) is 21.0. The number of benzene rings is 1. The first-order valence-corrected chi connectivity index (χ1v) is 13.1. The number of aliphatic hydroxyl groups is 2. The van der Waals surface area contributed by atoms with Crippen molar-refractivity contribution in [2.45, 2.75) is 71.3 Å². The van der Waals surface area contributed by atoms with E-state index in [0.717, 1.165) is 50.9 Å². The molecule has 4 rings (SSSR count). The molecule has 184 valence electrons. The third-order valence-corrected chi connectivity index (χ3v) is 10.1. The number of rotatable bonds is 8. The highest BCUT2D eigenvalue weighted by molar-refractivity contribution is 5.27. The van der Waals surface area contributed by atoms with Crippen molar-refractivity contribution in [2.75, 3.05) is 26.8 Å². The van der Waals surface area contributed by atoms with Crippen LogP contribution in [-0.4, -0.2) is 43.1 Å². The van der Waals surface area contributed by atoms with Crippen LogP contribution in [0.4, 0.5) is 0 Å². The number of allylic oxidation sites excluding steroid dienone is 1. The predicted molar refractivity (Wildman–Crippen MR) is 134 cm³/mol. The van der Waals surface area contributed by atoms with E-state index in [1.807, 2.05) is 12.1 Å². The highest BCUT2D eigenvalue weighted by Gasteiger charge is 2.56. The zero-order valence-electron chi connectivity index (χ0n) is 21.0. The Kier molecular flexibility index (Phi) is 7.57. The van der Waals surface area contributed by atoms with Gasteiger partial charge < -0.3 is 20.3 Å². The van der Waals surface area contributed by atoms with Crippen LogP contribution < -0.4 is 10.1 Å². The van der Waals surface area contributed by atoms with Crippen LogP contribution in [0.2, 0.25) is 0 Å². The molecule has 3 fully saturated rings. The number of fused-ring (bicyclic) bond motifs is 1. The fraction of sp³-hybridized carbons (Fsp3) is 0.724. The lowest BCUT2D eigenvalue weighted by atomic mass is 9.49. The molecule has 3 aliphatic rings. The van der Waals surface area contributed by atoms with Gasteiger partial charge in [-0.05, 0) is 117 Å². The van der Waals surface area contributed by atoms with Gasteiger partial charge in [0.1, 0.15) is 5.75 Å². The third-order valence-electron chi connectivity index (χ3n) is 10.1. The van der Waals surface area contributed by atoms with Gasteiger partial charge in [-0.1, -0.05) is 38.1 Å². The lowest BCUT2D eigenvalue weighted by Crippen LogP contribution is -2.53. The Morgan fingerprint density at radius 3 is 2.55 bits per heavy atom. The number of aliphatic hydroxyl groups excluding tert-OH is 2. The lowest BCUT2D eigenvalue weighted by molar-refractivity contribution is -0.0932. The predicted octanol–water partition coefficient (Wildman–Crippen LogP) is 4.99. The molecule has 0 saturated heterocycles. The van der Waals surface area contributed by atoms with E-state index in [4.69, 9.17) is 4.74 Å². The van der Waals surface area contributed by atoms with E-state index in [0.29, 0.717) is 17.8 Å². The van der Waals surface area contributed by atoms with Crippen molar-refractivity contribution in [3.63, 3.8) is 0 Å². The number of hydrogen-bond acceptors (Lipinski definition) is 4. The van der Waals surface area contributed by atoms with Gasteiger partial charge in [0.2, 0.25) is 0 Å². The van der Waals surface area contributed by atoms with Gasteiger partial charge in [0.05, 0.1) is 13.2 Å². The summed E-state index contributed by atoms with van der Waals surface area (Å²) in [5.74, 6) is 2.94. The normalized spacial score (nSPS) is 38.8. The summed E-state index contributed by atoms with van der Waals surface area (Å²) in [6, 6.07) is 8.38. The molecule has 0 aliphatic heterocycles. The largest absolute Gasteiger partial charge is 0.497 e. The second-order valence-corrected chi connectivity index (χ2v) is 11.6. The maximum Gasteiger partial charge on any atom is 0.118 e. The molecule has 1 aromatic carbocycles. The summed E-state index contributed by atoms with van der Waals surface area (Å²) in [5, 5.41) is 24.4. The molecule has 0 bridgehead atoms. The van der Waals surface area contributed by atoms with Gasteiger partial charge in [0.25, 0.3) is 0 Å². The maximum absolute atomic E-state index is 10.3. The first-order chi connectivity index (χ1) is 15.8. The SMILES string of the molecule is C=C1CCC2C(CNCCc3ccc(OC)cc3)C(C3(C)CCC(O)CC3CO)CCC12C. The summed E-state index contributed by atoms with van der Waals surface area (Å²) in [6.07, 6.45) is 8.24. The minimum Gasteiger partial charge on any atom is -0.497 e. The van der Waals surface area contributed by atoms with Crippen LogP contribution in [0.15, 0.2) is 36.4 Å². The smallest absolute Gasteiger partial charge is 0.118 e. The quantitative estimate of drug-likeness (QED) is 0.382. The lowest BCUT2D eigenvalue weighted by Gasteiger charge is -2.56. The Labute approximate surface area is 200 Å². The molecule has 0 amide bonds. The molecule has 0 heterocycles. The van der Waals surface area contributed by atoms with E-state index in [1.54, 1.807) is 7.11 Å². The number of ether oxygens (including phenoxy) is 1. The van der Waals surface area contributed by atoms with Gasteiger partial charge in [0, 0.05) is 6.61 Å². The Morgan fingerprint density at radius 1 is 1.09 bits per heavy atom. The Balaban J connectivity index is 1.48. The average Bonchev–Trinajstić information content (AvgIpc) is 3.13. The van der Waals surface area contributed by atoms with Gasteiger partial charge in [-0.15, -0.1) is 0 Å². The van der Waals surface area contributed by atoms with Gasteiger partial charge in [0.15, 0.2) is 0 Å². The van der Waals surface area contributed by atoms with Crippen LogP contribution in [0.25, 0.3) is 0 Å². The fourth-order valence-corrected chi connectivity index (χ4v) is 7.76. The van der Waals surface area contributed by atoms with Crippen LogP contribution in [0, 0.1) is 34.5 Å². The molecule has 0 spiro atoms. The Hall–Kier alpha value is -1.36. The Morgan fingerprint density at radius 2 is 1.85 bits per heavy atom. The van der Waals surface area contributed by atoms with Gasteiger partial charge in [-0.25, -0.2) is 0 Å². The Bertz CT molecular complexity index is 808. The summed E-state index contributed by atoms with van der Waals surface area (Å²) in [7, 11) is 1.71. The number of hydrogen-bond donors (Lipinski definition) is 3. The fourth-order valence-electron chi connectivity index (χ4n) is 7.76. The van der Waals surface area contributed by atoms with Crippen LogP contribution in [0.5, 0.6) is 5.75 Å². The molecule has 3 aliphatic carbocycles. The number of methoxy groups -OCH3 is 1. The minimum absolute atomic E-state index is 0.0988. The molecule has 4 heteroatoms. The zero-order chi connectivity index (χ0) is 23.6. The summed E-state index contributed by atoms with van der Waals surface area (Å²) < 4.78 is 5.28. The summed E-state index contributed by atoms with van der Waals surface area (Å²) >= 11 is 0. The molecule has 7 unspecified atom stereocenters. The van der Waals surface area contributed by atoms with Gasteiger partial charge in [-0.2, -0.15) is 0 Å². The van der Waals surface area contributed by atoms with E-state index in [9.17, 15) is 10.2 Å². The van der Waals surface area contributed by atoms with E-state index >= 15 is 0 Å². The molecule has 0 radical (unpaired) electrons. The molecule has 4 nitrogen and oxygen atoms in total. The van der Waals surface area contributed by atoms with Crippen LogP contribution in [0.1, 0.15) is 64.4 Å². The molecule has 3 saturated carbocycles. The second kappa shape index (κ2) is 10.1. The summed E-state index contributed by atoms with van der Waals surface area (Å²) in [6.45, 7) is 11.6. The van der Waals surface area contributed by atoms with Crippen molar-refractivity contribution in [1.29, 1.82) is 0 Å². The topological polar surface area (TPSA) is 61.7 Å². The molecule has 1 aromatic rings. The molecular weight excluding hydrogens is 410 g/mol. The van der Waals surface area contributed by atoms with E-state index in [2.05, 4.69) is 37.9 Å². The first-order valence-electron chi connectivity index (χ1n) is 13.1. The van der Waals surface area contributed by atoms with Crippen molar-refractivity contribution in [2.24, 2.45) is 34.5 Å². The summed E-state index contributed by atoms with van der Waals surface area (Å²) in [5.41, 5.74) is 3.15. The minimum atomic E-state index is -0.253. The summed E-state index contributed by atoms with van der Waals surface area (Å²) in [4.78, 5) is 0. The standard InChI is InChI=1S/C29H45NO3/c1-20-5-10-26-25(18-30-16-13-21-6-8-24(33-4)9-7-21)27(12-15-28(20,26)2)29(3)14-11-23(32)17-22(29)19-31/h6-9,22-23,25-27,30-32H,1,5,10-19H2,2-4H3. The van der Waals surface area contributed by atoms with Crippen molar-refractivity contribution in [1.82, 2.24) is 5.32 Å². The highest BCUT2D eigenvalue weighted by atomic mass is 16.5.